The summed E-state index contributed by atoms with van der Waals surface area (Å²) in [4.78, 5) is 51.1. The molecule has 0 radical (unpaired) electrons. The molecule has 0 saturated carbocycles. The number of carboxylic acid groups (broad SMARTS) is 1. The molecule has 432 valence electrons. The van der Waals surface area contributed by atoms with Crippen molar-refractivity contribution < 1.29 is 58.2 Å². The Morgan fingerprint density at radius 2 is 0.813 bits per heavy atom. The molecule has 1 rings (SSSR count). The molecule has 1 saturated heterocycles. The normalized spacial score (nSPS) is 18.5. The highest BCUT2D eigenvalue weighted by molar-refractivity contribution is 5.74. The van der Waals surface area contributed by atoms with Crippen molar-refractivity contribution in [3.8, 4) is 0 Å². The molecule has 1 heterocycles. The average Bonchev–Trinajstić information content (AvgIpc) is 3.39. The maximum atomic E-state index is 13.1. The molecule has 0 aromatic rings. The summed E-state index contributed by atoms with van der Waals surface area (Å²) < 4.78 is 28.4. The van der Waals surface area contributed by atoms with Crippen LogP contribution >= 0.6 is 0 Å². The summed E-state index contributed by atoms with van der Waals surface area (Å²) >= 11 is 0. The van der Waals surface area contributed by atoms with E-state index in [0.717, 1.165) is 128 Å². The van der Waals surface area contributed by atoms with Gasteiger partial charge in [-0.1, -0.05) is 204 Å². The number of aliphatic hydroxyl groups excluding tert-OH is 2. The minimum Gasteiger partial charge on any atom is -0.479 e. The van der Waals surface area contributed by atoms with Crippen LogP contribution in [0.4, 0.5) is 0 Å². The molecule has 1 fully saturated rings. The van der Waals surface area contributed by atoms with Crippen LogP contribution in [0.1, 0.15) is 265 Å². The van der Waals surface area contributed by atoms with Crippen molar-refractivity contribution in [1.29, 1.82) is 0 Å². The molecule has 1 aliphatic rings. The van der Waals surface area contributed by atoms with E-state index >= 15 is 0 Å². The Labute approximate surface area is 456 Å². The molecular weight excluding hydrogens is 949 g/mol. The summed E-state index contributed by atoms with van der Waals surface area (Å²) in [6.07, 6.45) is 50.4. The lowest BCUT2D eigenvalue weighted by Crippen LogP contribution is -2.61. The fraction of sp³-hybridized carbons (Fsp3) is 0.778. The van der Waals surface area contributed by atoms with E-state index in [1.54, 1.807) is 0 Å². The van der Waals surface area contributed by atoms with Gasteiger partial charge in [0.2, 0.25) is 0 Å². The van der Waals surface area contributed by atoms with Crippen LogP contribution in [-0.4, -0.2) is 89.2 Å². The van der Waals surface area contributed by atoms with Crippen LogP contribution in [0.25, 0.3) is 0 Å². The first kappa shape index (κ1) is 69.4. The summed E-state index contributed by atoms with van der Waals surface area (Å²) in [5.74, 6) is -3.15. The molecule has 12 nitrogen and oxygen atoms in total. The Morgan fingerprint density at radius 1 is 0.440 bits per heavy atom. The molecule has 1 aliphatic heterocycles. The lowest BCUT2D eigenvalue weighted by atomic mass is 9.98. The molecule has 0 aromatic heterocycles. The molecule has 0 aromatic carbocycles. The van der Waals surface area contributed by atoms with Crippen molar-refractivity contribution in [1.82, 2.24) is 0 Å². The number of carboxylic acids is 1. The molecule has 0 amide bonds. The third kappa shape index (κ3) is 41.2. The Bertz CT molecular complexity index is 1540. The van der Waals surface area contributed by atoms with Crippen LogP contribution in [0, 0.1) is 0 Å². The molecular formula is C63H108O12. The number of unbranched alkanes of at least 4 members (excludes halogenated alkanes) is 27. The van der Waals surface area contributed by atoms with Gasteiger partial charge < -0.3 is 39.0 Å². The van der Waals surface area contributed by atoms with Gasteiger partial charge in [0.1, 0.15) is 18.8 Å². The smallest absolute Gasteiger partial charge is 0.335 e. The van der Waals surface area contributed by atoms with Crippen LogP contribution in [-0.2, 0) is 42.9 Å². The Balaban J connectivity index is 2.67. The Kier molecular flexibility index (Phi) is 47.4. The third-order valence-corrected chi connectivity index (χ3v) is 13.5. The van der Waals surface area contributed by atoms with E-state index in [4.69, 9.17) is 23.7 Å². The number of aliphatic hydroxyl groups is 2. The lowest BCUT2D eigenvalue weighted by molar-refractivity contribution is -0.301. The van der Waals surface area contributed by atoms with E-state index in [1.165, 1.54) is 77.0 Å². The van der Waals surface area contributed by atoms with Gasteiger partial charge in [0.25, 0.3) is 0 Å². The van der Waals surface area contributed by atoms with Gasteiger partial charge in [0.15, 0.2) is 24.6 Å². The monoisotopic (exact) mass is 1060 g/mol. The second-order valence-corrected chi connectivity index (χ2v) is 20.6. The predicted molar refractivity (Wildman–Crippen MR) is 303 cm³/mol. The fourth-order valence-electron chi connectivity index (χ4n) is 8.82. The molecule has 0 bridgehead atoms. The molecule has 12 heteroatoms. The summed E-state index contributed by atoms with van der Waals surface area (Å²) in [5.41, 5.74) is 0. The number of hydrogen-bond acceptors (Lipinski definition) is 11. The van der Waals surface area contributed by atoms with E-state index in [-0.39, 0.29) is 25.9 Å². The molecule has 3 N–H and O–H groups in total. The quantitative estimate of drug-likeness (QED) is 0.0228. The van der Waals surface area contributed by atoms with E-state index < -0.39 is 67.3 Å². The summed E-state index contributed by atoms with van der Waals surface area (Å²) in [7, 11) is 0. The van der Waals surface area contributed by atoms with Crippen molar-refractivity contribution >= 4 is 23.9 Å². The molecule has 6 atom stereocenters. The summed E-state index contributed by atoms with van der Waals surface area (Å²) in [5, 5.41) is 31.5. The lowest BCUT2D eigenvalue weighted by Gasteiger charge is -2.40. The third-order valence-electron chi connectivity index (χ3n) is 13.5. The predicted octanol–water partition coefficient (Wildman–Crippen LogP) is 15.6. The van der Waals surface area contributed by atoms with Gasteiger partial charge >= 0.3 is 23.9 Å². The topological polar surface area (TPSA) is 175 Å². The Morgan fingerprint density at radius 3 is 1.29 bits per heavy atom. The summed E-state index contributed by atoms with van der Waals surface area (Å²) in [6, 6.07) is 0. The van der Waals surface area contributed by atoms with Gasteiger partial charge in [0.05, 0.1) is 6.61 Å². The largest absolute Gasteiger partial charge is 0.479 e. The Hall–Kier alpha value is -3.58. The van der Waals surface area contributed by atoms with Crippen LogP contribution < -0.4 is 0 Å². The maximum Gasteiger partial charge on any atom is 0.335 e. The van der Waals surface area contributed by atoms with Crippen LogP contribution in [0.15, 0.2) is 60.8 Å². The number of rotatable bonds is 51. The zero-order valence-electron chi connectivity index (χ0n) is 47.5. The standard InChI is InChI=1S/C63H108O12/c1-4-7-10-13-16-19-22-24-26-27-28-29-31-33-36-39-42-45-48-51-57(66)74-61-59(68)58(67)60(62(69)70)75-63(61)72-53-54(73-56(65)50-47-44-41-38-34-21-18-15-12-9-6-3)52-71-55(64)49-46-43-40-37-35-32-30-25-23-20-17-14-11-8-5-2/h15-16,18-19,24-26,28-30,54,58-61,63,67-68H,4-14,17,20-23,27,31-53H2,1-3H3,(H,69,70)/b18-15-,19-16-,26-24-,29-28-,30-25-. The number of ether oxygens (including phenoxy) is 5. The van der Waals surface area contributed by atoms with Gasteiger partial charge in [-0.3, -0.25) is 14.4 Å². The first-order valence-corrected chi connectivity index (χ1v) is 30.3. The second kappa shape index (κ2) is 51.2. The number of hydrogen-bond donors (Lipinski definition) is 3. The number of allylic oxidation sites excluding steroid dienone is 10. The van der Waals surface area contributed by atoms with E-state index in [1.807, 2.05) is 0 Å². The van der Waals surface area contributed by atoms with E-state index in [0.29, 0.717) is 19.3 Å². The zero-order chi connectivity index (χ0) is 54.7. The number of carbonyl (C=O) groups is 4. The first-order valence-electron chi connectivity index (χ1n) is 30.3. The number of esters is 3. The van der Waals surface area contributed by atoms with Crippen molar-refractivity contribution in [2.24, 2.45) is 0 Å². The van der Waals surface area contributed by atoms with Crippen molar-refractivity contribution in [2.45, 2.75) is 302 Å². The molecule has 0 spiro atoms. The minimum absolute atomic E-state index is 0.0439. The van der Waals surface area contributed by atoms with Crippen LogP contribution in [0.5, 0.6) is 0 Å². The highest BCUT2D eigenvalue weighted by Gasteiger charge is 2.50. The van der Waals surface area contributed by atoms with E-state index in [2.05, 4.69) is 81.5 Å². The number of carbonyl (C=O) groups excluding carboxylic acids is 3. The highest BCUT2D eigenvalue weighted by Crippen LogP contribution is 2.26. The van der Waals surface area contributed by atoms with Crippen LogP contribution in [0.2, 0.25) is 0 Å². The van der Waals surface area contributed by atoms with Gasteiger partial charge in [-0.25, -0.2) is 4.79 Å². The average molecular weight is 1060 g/mol. The zero-order valence-corrected chi connectivity index (χ0v) is 47.5. The highest BCUT2D eigenvalue weighted by atomic mass is 16.7. The van der Waals surface area contributed by atoms with E-state index in [9.17, 15) is 34.5 Å². The van der Waals surface area contributed by atoms with Gasteiger partial charge in [-0.2, -0.15) is 0 Å². The molecule has 75 heavy (non-hydrogen) atoms. The maximum absolute atomic E-state index is 13.1. The first-order chi connectivity index (χ1) is 36.6. The van der Waals surface area contributed by atoms with Crippen molar-refractivity contribution in [2.75, 3.05) is 13.2 Å². The fourth-order valence-corrected chi connectivity index (χ4v) is 8.82. The molecule has 0 aliphatic carbocycles. The summed E-state index contributed by atoms with van der Waals surface area (Å²) in [6.45, 7) is 5.91. The molecule has 6 unspecified atom stereocenters. The van der Waals surface area contributed by atoms with Crippen molar-refractivity contribution in [3.05, 3.63) is 60.8 Å². The van der Waals surface area contributed by atoms with Gasteiger partial charge in [0, 0.05) is 19.3 Å². The van der Waals surface area contributed by atoms with Gasteiger partial charge in [-0.05, 0) is 103 Å². The van der Waals surface area contributed by atoms with Crippen molar-refractivity contribution in [3.63, 3.8) is 0 Å². The SMILES string of the molecule is CCCC/C=C\CCCCCCCC(=O)OC(COC(=O)CCCCCCC/C=C\CCCCCCCC)COC1OC(C(=O)O)C(O)C(O)C1OC(=O)CCCCCCCC/C=C\C/C=C\C/C=C\CCCCC. The number of aliphatic carboxylic acids is 1. The van der Waals surface area contributed by atoms with Gasteiger partial charge in [-0.15, -0.1) is 0 Å². The van der Waals surface area contributed by atoms with Crippen LogP contribution in [0.3, 0.4) is 0 Å². The second-order valence-electron chi connectivity index (χ2n) is 20.6. The minimum atomic E-state index is -1.91.